The number of carbonyl (C=O) groups is 3. The molecule has 1 aliphatic rings. The molecule has 10 heteroatoms. The van der Waals surface area contributed by atoms with Gasteiger partial charge in [0.05, 0.1) is 25.7 Å². The summed E-state index contributed by atoms with van der Waals surface area (Å²) >= 11 is 4.29. The fourth-order valence-corrected chi connectivity index (χ4v) is 4.22. The Morgan fingerprint density at radius 3 is 2.61 bits per heavy atom. The first-order valence-corrected chi connectivity index (χ1v) is 11.4. The zero-order valence-electron chi connectivity index (χ0n) is 18.3. The van der Waals surface area contributed by atoms with Gasteiger partial charge < -0.3 is 18.9 Å². The standard InChI is InChI=1S/C23H22BrNO7S/c1-14-5-4-6-16(9-14)31-8-7-25-22(27)20(33-23(25)28)11-15-10-18(29-2)19(12-17(15)24)32-13-21(26)30-3/h4-6,9-12H,7-8,13H2,1-3H3/b20-11-. The van der Waals surface area contributed by atoms with Crippen molar-refractivity contribution in [2.24, 2.45) is 0 Å². The number of rotatable bonds is 9. The van der Waals surface area contributed by atoms with E-state index in [1.54, 1.807) is 18.2 Å². The molecule has 0 bridgehead atoms. The summed E-state index contributed by atoms with van der Waals surface area (Å²) in [5.74, 6) is 0.447. The quantitative estimate of drug-likeness (QED) is 0.344. The number of hydrogen-bond acceptors (Lipinski definition) is 8. The molecule has 0 radical (unpaired) electrons. The second-order valence-corrected chi connectivity index (χ2v) is 8.74. The molecule has 8 nitrogen and oxygen atoms in total. The van der Waals surface area contributed by atoms with Gasteiger partial charge in [0, 0.05) is 4.47 Å². The molecule has 0 unspecified atom stereocenters. The van der Waals surface area contributed by atoms with E-state index >= 15 is 0 Å². The van der Waals surface area contributed by atoms with Crippen molar-refractivity contribution in [1.29, 1.82) is 0 Å². The SMILES string of the molecule is COC(=O)COc1cc(Br)c(/C=C2\SC(=O)N(CCOc3cccc(C)c3)C2=O)cc1OC. The van der Waals surface area contributed by atoms with Gasteiger partial charge in [0.15, 0.2) is 18.1 Å². The molecule has 0 N–H and O–H groups in total. The van der Waals surface area contributed by atoms with Crippen LogP contribution in [0.1, 0.15) is 11.1 Å². The lowest BCUT2D eigenvalue weighted by molar-refractivity contribution is -0.142. The summed E-state index contributed by atoms with van der Waals surface area (Å²) in [5.41, 5.74) is 1.67. The molecule has 3 rings (SSSR count). The number of imide groups is 1. The van der Waals surface area contributed by atoms with Gasteiger partial charge >= 0.3 is 5.97 Å². The molecule has 1 saturated heterocycles. The Hall–Kier alpha value is -2.98. The first-order chi connectivity index (χ1) is 15.8. The number of methoxy groups -OCH3 is 2. The van der Waals surface area contributed by atoms with Crippen LogP contribution in [0.3, 0.4) is 0 Å². The van der Waals surface area contributed by atoms with Gasteiger partial charge in [-0.2, -0.15) is 0 Å². The smallest absolute Gasteiger partial charge is 0.343 e. The van der Waals surface area contributed by atoms with Crippen molar-refractivity contribution in [3.05, 3.63) is 56.9 Å². The average molecular weight is 536 g/mol. The number of esters is 1. The van der Waals surface area contributed by atoms with Crippen molar-refractivity contribution in [2.45, 2.75) is 6.92 Å². The highest BCUT2D eigenvalue weighted by Crippen LogP contribution is 2.38. The fourth-order valence-electron chi connectivity index (χ4n) is 2.92. The molecule has 0 spiro atoms. The second kappa shape index (κ2) is 11.2. The van der Waals surface area contributed by atoms with Crippen LogP contribution in [0.5, 0.6) is 17.2 Å². The number of carbonyl (C=O) groups excluding carboxylic acids is 3. The zero-order valence-corrected chi connectivity index (χ0v) is 20.7. The third kappa shape index (κ3) is 6.29. The van der Waals surface area contributed by atoms with Crippen molar-refractivity contribution in [1.82, 2.24) is 4.90 Å². The van der Waals surface area contributed by atoms with Crippen LogP contribution in [0, 0.1) is 6.92 Å². The normalized spacial score (nSPS) is 14.5. The highest BCUT2D eigenvalue weighted by Gasteiger charge is 2.35. The molecule has 0 aromatic heterocycles. The maximum absolute atomic E-state index is 12.8. The fraction of sp³-hybridized carbons (Fsp3) is 0.261. The van der Waals surface area contributed by atoms with Crippen LogP contribution in [-0.2, 0) is 14.3 Å². The lowest BCUT2D eigenvalue weighted by Gasteiger charge is -2.13. The van der Waals surface area contributed by atoms with Crippen LogP contribution in [0.15, 0.2) is 45.8 Å². The monoisotopic (exact) mass is 535 g/mol. The summed E-state index contributed by atoms with van der Waals surface area (Å²) in [6.07, 6.45) is 1.60. The topological polar surface area (TPSA) is 91.4 Å². The van der Waals surface area contributed by atoms with Crippen LogP contribution >= 0.6 is 27.7 Å². The van der Waals surface area contributed by atoms with E-state index in [0.29, 0.717) is 27.3 Å². The Balaban J connectivity index is 1.70. The van der Waals surface area contributed by atoms with E-state index in [2.05, 4.69) is 20.7 Å². The Morgan fingerprint density at radius 1 is 1.12 bits per heavy atom. The van der Waals surface area contributed by atoms with Gasteiger partial charge in [0.25, 0.3) is 11.1 Å². The third-order valence-corrected chi connectivity index (χ3v) is 6.18. The van der Waals surface area contributed by atoms with Gasteiger partial charge in [0.1, 0.15) is 12.4 Å². The summed E-state index contributed by atoms with van der Waals surface area (Å²) < 4.78 is 21.6. The third-order valence-electron chi connectivity index (χ3n) is 4.59. The number of halogens is 1. The zero-order chi connectivity index (χ0) is 24.0. The highest BCUT2D eigenvalue weighted by molar-refractivity contribution is 9.10. The van der Waals surface area contributed by atoms with Crippen molar-refractivity contribution < 1.29 is 33.3 Å². The van der Waals surface area contributed by atoms with Crippen molar-refractivity contribution >= 4 is 50.9 Å². The van der Waals surface area contributed by atoms with Crippen LogP contribution in [-0.4, -0.2) is 56.0 Å². The minimum Gasteiger partial charge on any atom is -0.493 e. The molecule has 33 heavy (non-hydrogen) atoms. The van der Waals surface area contributed by atoms with Crippen LogP contribution in [0.2, 0.25) is 0 Å². The van der Waals surface area contributed by atoms with Crippen LogP contribution in [0.4, 0.5) is 4.79 Å². The molecule has 0 atom stereocenters. The molecular weight excluding hydrogens is 514 g/mol. The van der Waals surface area contributed by atoms with Gasteiger partial charge in [-0.05, 0) is 60.2 Å². The summed E-state index contributed by atoms with van der Waals surface area (Å²) in [6.45, 7) is 2.01. The Bertz CT molecular complexity index is 1100. The minimum atomic E-state index is -0.530. The van der Waals surface area contributed by atoms with E-state index in [4.69, 9.17) is 14.2 Å². The lowest BCUT2D eigenvalue weighted by Crippen LogP contribution is -2.32. The van der Waals surface area contributed by atoms with Crippen molar-refractivity contribution in [3.8, 4) is 17.2 Å². The van der Waals surface area contributed by atoms with Crippen LogP contribution < -0.4 is 14.2 Å². The number of amides is 2. The number of benzene rings is 2. The lowest BCUT2D eigenvalue weighted by atomic mass is 10.2. The molecule has 2 aromatic rings. The van der Waals surface area contributed by atoms with Gasteiger partial charge in [-0.25, -0.2) is 4.79 Å². The summed E-state index contributed by atoms with van der Waals surface area (Å²) in [5, 5.41) is -0.361. The first kappa shape index (κ1) is 24.7. The van der Waals surface area contributed by atoms with E-state index in [1.165, 1.54) is 14.2 Å². The number of aryl methyl sites for hydroxylation is 1. The molecule has 1 heterocycles. The summed E-state index contributed by atoms with van der Waals surface area (Å²) in [6, 6.07) is 10.8. The molecule has 1 fully saturated rings. The predicted octanol–water partition coefficient (Wildman–Crippen LogP) is 4.43. The van der Waals surface area contributed by atoms with Gasteiger partial charge in [0.2, 0.25) is 0 Å². The summed E-state index contributed by atoms with van der Waals surface area (Å²) in [7, 11) is 2.73. The second-order valence-electron chi connectivity index (χ2n) is 6.89. The number of nitrogens with zero attached hydrogens (tertiary/aromatic N) is 1. The van der Waals surface area contributed by atoms with E-state index in [0.717, 1.165) is 22.2 Å². The average Bonchev–Trinajstić information content (AvgIpc) is 3.06. The first-order valence-electron chi connectivity index (χ1n) is 9.84. The van der Waals surface area contributed by atoms with Crippen LogP contribution in [0.25, 0.3) is 6.08 Å². The van der Waals surface area contributed by atoms with Gasteiger partial charge in [-0.1, -0.05) is 28.1 Å². The largest absolute Gasteiger partial charge is 0.493 e. The van der Waals surface area contributed by atoms with E-state index in [-0.39, 0.29) is 29.9 Å². The molecule has 2 aromatic carbocycles. The highest BCUT2D eigenvalue weighted by atomic mass is 79.9. The van der Waals surface area contributed by atoms with Crippen molar-refractivity contribution in [3.63, 3.8) is 0 Å². The number of ether oxygens (including phenoxy) is 4. The molecule has 2 amide bonds. The van der Waals surface area contributed by atoms with Gasteiger partial charge in [-0.15, -0.1) is 0 Å². The molecule has 174 valence electrons. The summed E-state index contributed by atoms with van der Waals surface area (Å²) in [4.78, 5) is 38.0. The van der Waals surface area contributed by atoms with E-state index in [1.807, 2.05) is 31.2 Å². The Kier molecular flexibility index (Phi) is 8.40. The van der Waals surface area contributed by atoms with E-state index in [9.17, 15) is 14.4 Å². The Labute approximate surface area is 203 Å². The minimum absolute atomic E-state index is 0.140. The van der Waals surface area contributed by atoms with Gasteiger partial charge in [-0.3, -0.25) is 14.5 Å². The predicted molar refractivity (Wildman–Crippen MR) is 128 cm³/mol. The molecule has 0 saturated carbocycles. The molecular formula is C23H22BrNO7S. The molecule has 0 aliphatic carbocycles. The maximum atomic E-state index is 12.8. The number of hydrogen-bond donors (Lipinski definition) is 0. The maximum Gasteiger partial charge on any atom is 0.343 e. The van der Waals surface area contributed by atoms with Crippen molar-refractivity contribution in [2.75, 3.05) is 34.0 Å². The molecule has 1 aliphatic heterocycles. The van der Waals surface area contributed by atoms with E-state index < -0.39 is 11.9 Å². The number of thioether (sulfide) groups is 1. The Morgan fingerprint density at radius 2 is 1.91 bits per heavy atom.